The van der Waals surface area contributed by atoms with Gasteiger partial charge in [-0.25, -0.2) is 8.78 Å². The van der Waals surface area contributed by atoms with Crippen molar-refractivity contribution in [3.05, 3.63) is 11.8 Å². The Hall–Kier alpha value is -1.17. The summed E-state index contributed by atoms with van der Waals surface area (Å²) in [5.41, 5.74) is 0.835. The van der Waals surface area contributed by atoms with E-state index >= 15 is 0 Å². The first-order valence-corrected chi connectivity index (χ1v) is 5.51. The number of ether oxygens (including phenoxy) is 2. The van der Waals surface area contributed by atoms with E-state index in [0.717, 1.165) is 5.56 Å². The predicted octanol–water partition coefficient (Wildman–Crippen LogP) is 2.30. The lowest BCUT2D eigenvalue weighted by atomic mass is 10.1. The first-order valence-electron chi connectivity index (χ1n) is 5.51. The third kappa shape index (κ3) is 4.30. The molecule has 17 heavy (non-hydrogen) atoms. The average molecular weight is 248 g/mol. The van der Waals surface area contributed by atoms with Crippen molar-refractivity contribution in [3.8, 4) is 5.88 Å². The van der Waals surface area contributed by atoms with Gasteiger partial charge in [0.25, 0.3) is 6.43 Å². The van der Waals surface area contributed by atoms with Crippen LogP contribution in [0.1, 0.15) is 25.3 Å². The van der Waals surface area contributed by atoms with Crippen LogP contribution in [-0.4, -0.2) is 36.5 Å². The molecule has 0 aliphatic rings. The summed E-state index contributed by atoms with van der Waals surface area (Å²) in [7, 11) is 1.57. The van der Waals surface area contributed by atoms with Crippen LogP contribution in [0.4, 0.5) is 8.78 Å². The number of halogens is 2. The zero-order valence-corrected chi connectivity index (χ0v) is 10.3. The Labute approximate surface area is 99.5 Å². The minimum Gasteiger partial charge on any atom is -0.474 e. The molecule has 0 radical (unpaired) electrons. The van der Waals surface area contributed by atoms with E-state index in [1.165, 1.54) is 4.68 Å². The molecule has 98 valence electrons. The Bertz CT molecular complexity index is 340. The fourth-order valence-corrected chi connectivity index (χ4v) is 1.38. The fraction of sp³-hybridized carbons (Fsp3) is 0.727. The molecule has 0 saturated heterocycles. The fourth-order valence-electron chi connectivity index (χ4n) is 1.38. The zero-order chi connectivity index (χ0) is 12.8. The maximum atomic E-state index is 12.2. The van der Waals surface area contributed by atoms with Crippen molar-refractivity contribution in [2.45, 2.75) is 32.7 Å². The minimum atomic E-state index is -2.42. The van der Waals surface area contributed by atoms with Crippen molar-refractivity contribution < 1.29 is 18.3 Å². The van der Waals surface area contributed by atoms with Crippen molar-refractivity contribution in [2.75, 3.05) is 20.3 Å². The summed E-state index contributed by atoms with van der Waals surface area (Å²) in [6.07, 6.45) is -0.805. The quantitative estimate of drug-likeness (QED) is 0.695. The molecule has 0 saturated carbocycles. The molecule has 0 aliphatic heterocycles. The molecule has 0 unspecified atom stereocenters. The molecule has 4 nitrogen and oxygen atoms in total. The van der Waals surface area contributed by atoms with Gasteiger partial charge in [0.05, 0.1) is 6.61 Å². The smallest absolute Gasteiger partial charge is 0.257 e. The van der Waals surface area contributed by atoms with Crippen LogP contribution in [0.15, 0.2) is 6.20 Å². The van der Waals surface area contributed by atoms with E-state index in [2.05, 4.69) is 5.10 Å². The third-order valence-corrected chi connectivity index (χ3v) is 2.23. The van der Waals surface area contributed by atoms with Crippen molar-refractivity contribution >= 4 is 0 Å². The Morgan fingerprint density at radius 1 is 1.35 bits per heavy atom. The summed E-state index contributed by atoms with van der Waals surface area (Å²) < 4.78 is 36.0. The van der Waals surface area contributed by atoms with Gasteiger partial charge in [0.15, 0.2) is 0 Å². The van der Waals surface area contributed by atoms with E-state index < -0.39 is 13.0 Å². The molecule has 0 atom stereocenters. The molecule has 0 aromatic carbocycles. The van der Waals surface area contributed by atoms with Gasteiger partial charge in [-0.3, -0.25) is 4.68 Å². The number of hydrogen-bond acceptors (Lipinski definition) is 3. The molecule has 0 fully saturated rings. The number of methoxy groups -OCH3 is 1. The molecular weight excluding hydrogens is 230 g/mol. The first kappa shape index (κ1) is 13.9. The monoisotopic (exact) mass is 248 g/mol. The normalized spacial score (nSPS) is 11.5. The van der Waals surface area contributed by atoms with Gasteiger partial charge in [-0.15, -0.1) is 5.10 Å². The number of aromatic nitrogens is 2. The minimum absolute atomic E-state index is 0.180. The van der Waals surface area contributed by atoms with Gasteiger partial charge in [-0.1, -0.05) is 13.8 Å². The van der Waals surface area contributed by atoms with Crippen LogP contribution in [-0.2, 0) is 11.3 Å². The third-order valence-electron chi connectivity index (χ3n) is 2.23. The highest BCUT2D eigenvalue weighted by atomic mass is 19.3. The van der Waals surface area contributed by atoms with Crippen molar-refractivity contribution in [3.63, 3.8) is 0 Å². The maximum Gasteiger partial charge on any atom is 0.257 e. The summed E-state index contributed by atoms with van der Waals surface area (Å²) >= 11 is 0. The molecule has 6 heteroatoms. The SMILES string of the molecule is COCCOc1nn(CC(F)F)cc1C(C)C. The van der Waals surface area contributed by atoms with E-state index in [0.29, 0.717) is 19.1 Å². The number of nitrogens with zero attached hydrogens (tertiary/aromatic N) is 2. The molecule has 0 spiro atoms. The van der Waals surface area contributed by atoms with Crippen molar-refractivity contribution in [2.24, 2.45) is 0 Å². The lowest BCUT2D eigenvalue weighted by molar-refractivity contribution is 0.119. The second kappa shape index (κ2) is 6.54. The highest BCUT2D eigenvalue weighted by Gasteiger charge is 2.15. The molecule has 1 rings (SSSR count). The van der Waals surface area contributed by atoms with Crippen LogP contribution in [0, 0.1) is 0 Å². The Morgan fingerprint density at radius 3 is 2.59 bits per heavy atom. The Balaban J connectivity index is 2.74. The largest absolute Gasteiger partial charge is 0.474 e. The number of rotatable bonds is 7. The first-order chi connectivity index (χ1) is 8.04. The number of alkyl halides is 2. The lowest BCUT2D eigenvalue weighted by Gasteiger charge is -2.06. The van der Waals surface area contributed by atoms with E-state index in [1.54, 1.807) is 13.3 Å². The van der Waals surface area contributed by atoms with E-state index in [9.17, 15) is 8.78 Å². The van der Waals surface area contributed by atoms with Crippen LogP contribution in [0.25, 0.3) is 0 Å². The molecule has 0 N–H and O–H groups in total. The van der Waals surface area contributed by atoms with E-state index in [4.69, 9.17) is 9.47 Å². The topological polar surface area (TPSA) is 36.3 Å². The standard InChI is InChI=1S/C11H18F2N2O2/c1-8(2)9-6-15(7-10(12)13)14-11(9)17-5-4-16-3/h6,8,10H,4-5,7H2,1-3H3. The Morgan fingerprint density at radius 2 is 2.06 bits per heavy atom. The Kier molecular flexibility index (Phi) is 5.34. The second-order valence-corrected chi connectivity index (χ2v) is 4.00. The van der Waals surface area contributed by atoms with Gasteiger partial charge in [0.1, 0.15) is 13.2 Å². The summed E-state index contributed by atoms with van der Waals surface area (Å²) in [5.74, 6) is 0.594. The zero-order valence-electron chi connectivity index (χ0n) is 10.3. The lowest BCUT2D eigenvalue weighted by Crippen LogP contribution is -2.08. The van der Waals surface area contributed by atoms with Crippen LogP contribution in [0.2, 0.25) is 0 Å². The van der Waals surface area contributed by atoms with Gasteiger partial charge in [-0.2, -0.15) is 0 Å². The van der Waals surface area contributed by atoms with Gasteiger partial charge < -0.3 is 9.47 Å². The maximum absolute atomic E-state index is 12.2. The summed E-state index contributed by atoms with van der Waals surface area (Å²) in [6.45, 7) is 4.33. The summed E-state index contributed by atoms with van der Waals surface area (Å²) in [5, 5.41) is 4.00. The highest BCUT2D eigenvalue weighted by Crippen LogP contribution is 2.25. The molecule has 1 heterocycles. The van der Waals surface area contributed by atoms with Gasteiger partial charge in [0, 0.05) is 18.9 Å². The molecular formula is C11H18F2N2O2. The van der Waals surface area contributed by atoms with E-state index in [-0.39, 0.29) is 5.92 Å². The molecule has 1 aromatic heterocycles. The molecule has 0 amide bonds. The number of hydrogen-bond donors (Lipinski definition) is 0. The van der Waals surface area contributed by atoms with E-state index in [1.807, 2.05) is 13.8 Å². The predicted molar refractivity (Wildman–Crippen MR) is 59.7 cm³/mol. The average Bonchev–Trinajstić information content (AvgIpc) is 2.60. The molecule has 0 bridgehead atoms. The van der Waals surface area contributed by atoms with Crippen LogP contribution < -0.4 is 4.74 Å². The summed E-state index contributed by atoms with van der Waals surface area (Å²) in [4.78, 5) is 0. The van der Waals surface area contributed by atoms with Crippen molar-refractivity contribution in [1.82, 2.24) is 9.78 Å². The van der Waals surface area contributed by atoms with Gasteiger partial charge >= 0.3 is 0 Å². The molecule has 0 aliphatic carbocycles. The molecule has 1 aromatic rings. The van der Waals surface area contributed by atoms with Crippen LogP contribution >= 0.6 is 0 Å². The van der Waals surface area contributed by atoms with Crippen LogP contribution in [0.5, 0.6) is 5.88 Å². The second-order valence-electron chi connectivity index (χ2n) is 4.00. The highest BCUT2D eigenvalue weighted by molar-refractivity contribution is 5.26. The van der Waals surface area contributed by atoms with Gasteiger partial charge in [-0.05, 0) is 5.92 Å². The summed E-state index contributed by atoms with van der Waals surface area (Å²) in [6, 6.07) is 0. The van der Waals surface area contributed by atoms with Crippen molar-refractivity contribution in [1.29, 1.82) is 0 Å². The van der Waals surface area contributed by atoms with Crippen LogP contribution in [0.3, 0.4) is 0 Å². The van der Waals surface area contributed by atoms with Gasteiger partial charge in [0.2, 0.25) is 5.88 Å².